The van der Waals surface area contributed by atoms with Crippen molar-refractivity contribution in [2.24, 2.45) is 0 Å². The summed E-state index contributed by atoms with van der Waals surface area (Å²) < 4.78 is 31.7. The number of hydrogen-bond acceptors (Lipinski definition) is 6. The molecule has 2 rings (SSSR count). The lowest BCUT2D eigenvalue weighted by atomic mass is 9.96. The minimum Gasteiger partial charge on any atom is -0.479 e. The van der Waals surface area contributed by atoms with Gasteiger partial charge in [-0.2, -0.15) is 12.7 Å². The largest absolute Gasteiger partial charge is 0.479 e. The number of ether oxygens (including phenoxy) is 1. The van der Waals surface area contributed by atoms with Gasteiger partial charge in [0.25, 0.3) is 0 Å². The smallest absolute Gasteiger partial charge is 0.424 e. The van der Waals surface area contributed by atoms with Gasteiger partial charge in [0, 0.05) is 0 Å². The van der Waals surface area contributed by atoms with Crippen molar-refractivity contribution in [3.63, 3.8) is 0 Å². The Morgan fingerprint density at radius 2 is 2.00 bits per heavy atom. The molecule has 2 N–H and O–H groups in total. The topological polar surface area (TPSA) is 130 Å². The summed E-state index contributed by atoms with van der Waals surface area (Å²) >= 11 is 0. The van der Waals surface area contributed by atoms with Crippen molar-refractivity contribution in [2.75, 3.05) is 13.2 Å². The fraction of sp³-hybridized carbons (Fsp3) is 0.667. The zero-order chi connectivity index (χ0) is 12.1. The van der Waals surface area contributed by atoms with E-state index >= 15 is 0 Å². The average Bonchev–Trinajstić information content (AvgIpc) is 2.55. The van der Waals surface area contributed by atoms with Gasteiger partial charge >= 0.3 is 22.4 Å². The second-order valence-corrected chi connectivity index (χ2v) is 4.75. The number of aliphatic carboxylic acids is 1. The standard InChI is InChI=1S/C6H7NO8S/c8-4(9)6-2-14-1-3(6)15-16(12,13)7(6)5(10)11/h3H,1-2H2,(H,8,9)(H,10,11). The first-order valence-corrected chi connectivity index (χ1v) is 5.46. The van der Waals surface area contributed by atoms with Gasteiger partial charge in [-0.15, -0.1) is 0 Å². The molecule has 16 heavy (non-hydrogen) atoms. The lowest BCUT2D eigenvalue weighted by molar-refractivity contribution is -0.148. The monoisotopic (exact) mass is 253 g/mol. The van der Waals surface area contributed by atoms with Gasteiger partial charge in [0.15, 0.2) is 0 Å². The highest BCUT2D eigenvalue weighted by atomic mass is 32.2. The molecule has 0 aromatic heterocycles. The number of nitrogens with zero attached hydrogens (tertiary/aromatic N) is 1. The number of fused-ring (bicyclic) bond motifs is 1. The first-order chi connectivity index (χ1) is 7.32. The van der Waals surface area contributed by atoms with E-state index in [0.29, 0.717) is 0 Å². The highest BCUT2D eigenvalue weighted by Gasteiger charge is 2.68. The molecule has 10 heteroatoms. The molecule has 0 aliphatic carbocycles. The van der Waals surface area contributed by atoms with E-state index in [2.05, 4.69) is 4.18 Å². The van der Waals surface area contributed by atoms with Crippen LogP contribution in [-0.2, 0) is 24.0 Å². The highest BCUT2D eigenvalue weighted by molar-refractivity contribution is 7.85. The van der Waals surface area contributed by atoms with E-state index in [1.54, 1.807) is 0 Å². The molecule has 0 saturated carbocycles. The lowest BCUT2D eigenvalue weighted by Gasteiger charge is -2.25. The van der Waals surface area contributed by atoms with E-state index in [9.17, 15) is 18.0 Å². The molecular formula is C6H7NO8S. The number of amides is 1. The summed E-state index contributed by atoms with van der Waals surface area (Å²) in [6, 6.07) is 0. The van der Waals surface area contributed by atoms with E-state index < -0.39 is 40.6 Å². The summed E-state index contributed by atoms with van der Waals surface area (Å²) in [5.41, 5.74) is -2.20. The predicted octanol–water partition coefficient (Wildman–Crippen LogP) is -1.54. The fourth-order valence-corrected chi connectivity index (χ4v) is 3.22. The third-order valence-electron chi connectivity index (χ3n) is 2.49. The minimum atomic E-state index is -4.58. The molecule has 2 atom stereocenters. The first kappa shape index (κ1) is 11.1. The molecule has 2 aliphatic rings. The maximum absolute atomic E-state index is 11.3. The Morgan fingerprint density at radius 1 is 1.38 bits per heavy atom. The van der Waals surface area contributed by atoms with Gasteiger partial charge in [-0.05, 0) is 0 Å². The van der Waals surface area contributed by atoms with E-state index in [-0.39, 0.29) is 10.9 Å². The number of carbonyl (C=O) groups is 2. The van der Waals surface area contributed by atoms with Crippen LogP contribution in [-0.4, -0.2) is 59.9 Å². The zero-order valence-corrected chi connectivity index (χ0v) is 8.51. The number of carboxylic acids is 1. The fourth-order valence-electron chi connectivity index (χ4n) is 1.79. The van der Waals surface area contributed by atoms with Crippen LogP contribution in [0.3, 0.4) is 0 Å². The van der Waals surface area contributed by atoms with E-state index in [4.69, 9.17) is 14.9 Å². The molecule has 0 bridgehead atoms. The Kier molecular flexibility index (Phi) is 2.12. The summed E-state index contributed by atoms with van der Waals surface area (Å²) in [6.45, 7) is -0.839. The molecule has 0 spiro atoms. The van der Waals surface area contributed by atoms with Crippen LogP contribution in [0.5, 0.6) is 0 Å². The summed E-state index contributed by atoms with van der Waals surface area (Å²) in [5.74, 6) is -1.61. The van der Waals surface area contributed by atoms with Crippen LogP contribution in [0.15, 0.2) is 0 Å². The zero-order valence-electron chi connectivity index (χ0n) is 7.69. The Bertz CT molecular complexity index is 457. The Labute approximate surface area is 89.4 Å². The Morgan fingerprint density at radius 3 is 2.50 bits per heavy atom. The molecule has 2 saturated heterocycles. The van der Waals surface area contributed by atoms with Gasteiger partial charge in [-0.3, -0.25) is 0 Å². The highest BCUT2D eigenvalue weighted by Crippen LogP contribution is 2.39. The van der Waals surface area contributed by atoms with E-state index in [0.717, 1.165) is 0 Å². The molecule has 2 unspecified atom stereocenters. The normalized spacial score (nSPS) is 36.0. The predicted molar refractivity (Wildman–Crippen MR) is 44.8 cm³/mol. The molecule has 0 radical (unpaired) electrons. The van der Waals surface area contributed by atoms with Crippen molar-refractivity contribution in [3.05, 3.63) is 0 Å². The van der Waals surface area contributed by atoms with Gasteiger partial charge < -0.3 is 14.9 Å². The Balaban J connectivity index is 2.60. The number of carboxylic acid groups (broad SMARTS) is 2. The quantitative estimate of drug-likeness (QED) is 0.575. The molecule has 9 nitrogen and oxygen atoms in total. The molecule has 2 fully saturated rings. The maximum Gasteiger partial charge on any atom is 0.424 e. The van der Waals surface area contributed by atoms with Crippen molar-refractivity contribution in [1.29, 1.82) is 0 Å². The molecule has 0 aromatic rings. The van der Waals surface area contributed by atoms with Crippen molar-refractivity contribution in [3.8, 4) is 0 Å². The van der Waals surface area contributed by atoms with Crippen LogP contribution >= 0.6 is 0 Å². The number of hydrogen-bond donors (Lipinski definition) is 2. The van der Waals surface area contributed by atoms with Gasteiger partial charge in [0.05, 0.1) is 13.2 Å². The third-order valence-corrected chi connectivity index (χ3v) is 3.90. The van der Waals surface area contributed by atoms with Gasteiger partial charge in [-0.25, -0.2) is 13.8 Å². The van der Waals surface area contributed by atoms with Crippen LogP contribution in [0.2, 0.25) is 0 Å². The summed E-state index contributed by atoms with van der Waals surface area (Å²) in [5, 5.41) is 17.8. The van der Waals surface area contributed by atoms with Gasteiger partial charge in [0.1, 0.15) is 6.10 Å². The molecule has 1 amide bonds. The number of rotatable bonds is 1. The van der Waals surface area contributed by atoms with Gasteiger partial charge in [-0.1, -0.05) is 0 Å². The maximum atomic E-state index is 11.3. The second-order valence-electron chi connectivity index (χ2n) is 3.33. The summed E-state index contributed by atoms with van der Waals surface area (Å²) in [7, 11) is -4.58. The average molecular weight is 253 g/mol. The first-order valence-electron chi connectivity index (χ1n) is 4.10. The van der Waals surface area contributed by atoms with Crippen LogP contribution in [0.4, 0.5) is 4.79 Å². The van der Waals surface area contributed by atoms with Crippen LogP contribution in [0, 0.1) is 0 Å². The molecule has 0 aromatic carbocycles. The summed E-state index contributed by atoms with van der Waals surface area (Å²) in [4.78, 5) is 21.9. The van der Waals surface area contributed by atoms with E-state index in [1.165, 1.54) is 0 Å². The van der Waals surface area contributed by atoms with Crippen LogP contribution in [0.1, 0.15) is 0 Å². The SMILES string of the molecule is O=C(O)N1C2(C(=O)O)COCC2OS1(=O)=O. The van der Waals surface area contributed by atoms with Gasteiger partial charge in [0.2, 0.25) is 5.54 Å². The molecule has 2 heterocycles. The van der Waals surface area contributed by atoms with E-state index in [1.807, 2.05) is 0 Å². The molecule has 90 valence electrons. The third kappa shape index (κ3) is 1.14. The van der Waals surface area contributed by atoms with Crippen LogP contribution < -0.4 is 0 Å². The van der Waals surface area contributed by atoms with Crippen LogP contribution in [0.25, 0.3) is 0 Å². The van der Waals surface area contributed by atoms with Crippen molar-refractivity contribution >= 4 is 22.4 Å². The second kappa shape index (κ2) is 3.06. The molecular weight excluding hydrogens is 246 g/mol. The van der Waals surface area contributed by atoms with Crippen molar-refractivity contribution in [2.45, 2.75) is 11.6 Å². The van der Waals surface area contributed by atoms with Crippen molar-refractivity contribution in [1.82, 2.24) is 4.31 Å². The lowest BCUT2D eigenvalue weighted by Crippen LogP contribution is -2.59. The van der Waals surface area contributed by atoms with Crippen molar-refractivity contribution < 1.29 is 37.1 Å². The molecule has 2 aliphatic heterocycles. The Hall–Kier alpha value is -1.39. The minimum absolute atomic E-state index is 0.194. The summed E-state index contributed by atoms with van der Waals surface area (Å²) in [6.07, 6.45) is -3.25.